The molecule has 0 aromatic heterocycles. The number of halogens is 1. The lowest BCUT2D eigenvalue weighted by molar-refractivity contribution is -0.125. The molecular formula is C22H24FNO5S. The molecule has 2 aromatic rings. The van der Waals surface area contributed by atoms with Crippen LogP contribution in [-0.4, -0.2) is 52.3 Å². The number of benzene rings is 2. The van der Waals surface area contributed by atoms with E-state index in [2.05, 4.69) is 0 Å². The number of nitrogens with zero attached hydrogens (tertiary/aromatic N) is 1. The fourth-order valence-corrected chi connectivity index (χ4v) is 5.28. The number of methoxy groups -OCH3 is 2. The van der Waals surface area contributed by atoms with Gasteiger partial charge in [-0.15, -0.1) is 0 Å². The zero-order chi connectivity index (χ0) is 21.7. The van der Waals surface area contributed by atoms with Crippen LogP contribution in [0.3, 0.4) is 0 Å². The first-order chi connectivity index (χ1) is 14.4. The number of rotatable bonds is 5. The lowest BCUT2D eigenvalue weighted by Gasteiger charge is -2.18. The van der Waals surface area contributed by atoms with Crippen molar-refractivity contribution in [1.82, 2.24) is 4.90 Å². The van der Waals surface area contributed by atoms with Crippen LogP contribution in [0.2, 0.25) is 0 Å². The smallest absolute Gasteiger partial charge is 0.246 e. The van der Waals surface area contributed by atoms with Gasteiger partial charge in [-0.25, -0.2) is 12.8 Å². The van der Waals surface area contributed by atoms with E-state index < -0.39 is 20.9 Å². The molecule has 8 heteroatoms. The van der Waals surface area contributed by atoms with E-state index in [1.54, 1.807) is 37.5 Å². The van der Waals surface area contributed by atoms with Crippen molar-refractivity contribution < 1.29 is 27.1 Å². The third-order valence-electron chi connectivity index (χ3n) is 5.13. The number of hydrogen-bond donors (Lipinski definition) is 0. The van der Waals surface area contributed by atoms with E-state index in [4.69, 9.17) is 9.47 Å². The molecule has 160 valence electrons. The van der Waals surface area contributed by atoms with Gasteiger partial charge in [-0.3, -0.25) is 4.79 Å². The standard InChI is InChI=1S/C22H24FNO5S/c1-28-19-9-7-16(15-20(19)29-2)8-10-22(25)24-12-11-21(30(26,27)14-13-24)17-5-3-4-6-18(17)23/h3-10,15,21H,11-14H2,1-2H3/b10-8+/t21-/m1/s1. The van der Waals surface area contributed by atoms with Gasteiger partial charge in [0.2, 0.25) is 5.91 Å². The maximum atomic E-state index is 14.2. The van der Waals surface area contributed by atoms with Crippen LogP contribution in [0.25, 0.3) is 6.08 Å². The van der Waals surface area contributed by atoms with E-state index >= 15 is 0 Å². The summed E-state index contributed by atoms with van der Waals surface area (Å²) in [6.07, 6.45) is 3.19. The highest BCUT2D eigenvalue weighted by atomic mass is 32.2. The van der Waals surface area contributed by atoms with Gasteiger partial charge >= 0.3 is 0 Å². The lowest BCUT2D eigenvalue weighted by Crippen LogP contribution is -2.32. The first-order valence-corrected chi connectivity index (χ1v) is 11.2. The third-order valence-corrected chi connectivity index (χ3v) is 7.24. The van der Waals surface area contributed by atoms with Crippen LogP contribution in [0.1, 0.15) is 22.8 Å². The van der Waals surface area contributed by atoms with Gasteiger partial charge < -0.3 is 14.4 Å². The molecule has 0 saturated carbocycles. The molecule has 30 heavy (non-hydrogen) atoms. The van der Waals surface area contributed by atoms with Crippen molar-refractivity contribution in [2.75, 3.05) is 33.1 Å². The molecule has 1 aliphatic rings. The predicted molar refractivity (Wildman–Crippen MR) is 113 cm³/mol. The number of sulfone groups is 1. The second kappa shape index (κ2) is 9.30. The Kier molecular flexibility index (Phi) is 6.77. The minimum Gasteiger partial charge on any atom is -0.493 e. The van der Waals surface area contributed by atoms with Gasteiger partial charge in [0.25, 0.3) is 0 Å². The predicted octanol–water partition coefficient (Wildman–Crippen LogP) is 3.24. The maximum Gasteiger partial charge on any atom is 0.246 e. The van der Waals surface area contributed by atoms with Crippen LogP contribution in [0, 0.1) is 5.82 Å². The topological polar surface area (TPSA) is 72.9 Å². The van der Waals surface area contributed by atoms with Crippen LogP contribution in [0.4, 0.5) is 4.39 Å². The summed E-state index contributed by atoms with van der Waals surface area (Å²) in [5.74, 6) is 0.0778. The summed E-state index contributed by atoms with van der Waals surface area (Å²) in [5.41, 5.74) is 0.903. The van der Waals surface area contributed by atoms with Crippen molar-refractivity contribution in [1.29, 1.82) is 0 Å². The van der Waals surface area contributed by atoms with Gasteiger partial charge in [0, 0.05) is 24.7 Å². The average Bonchev–Trinajstić information content (AvgIpc) is 2.90. The molecule has 1 amide bonds. The minimum atomic E-state index is -3.57. The quantitative estimate of drug-likeness (QED) is 0.677. The zero-order valence-corrected chi connectivity index (χ0v) is 17.7. The van der Waals surface area contributed by atoms with Crippen molar-refractivity contribution in [2.45, 2.75) is 11.7 Å². The summed E-state index contributed by atoms with van der Waals surface area (Å²) in [6, 6.07) is 11.2. The van der Waals surface area contributed by atoms with E-state index in [1.165, 1.54) is 36.3 Å². The van der Waals surface area contributed by atoms with Gasteiger partial charge in [-0.1, -0.05) is 24.3 Å². The highest BCUT2D eigenvalue weighted by Crippen LogP contribution is 2.31. The largest absolute Gasteiger partial charge is 0.493 e. The van der Waals surface area contributed by atoms with Crippen molar-refractivity contribution in [3.05, 3.63) is 65.5 Å². The van der Waals surface area contributed by atoms with E-state index in [0.29, 0.717) is 11.5 Å². The lowest BCUT2D eigenvalue weighted by atomic mass is 10.1. The molecule has 0 N–H and O–H groups in total. The Hall–Kier alpha value is -2.87. The summed E-state index contributed by atoms with van der Waals surface area (Å²) in [4.78, 5) is 14.1. The highest BCUT2D eigenvalue weighted by Gasteiger charge is 2.33. The summed E-state index contributed by atoms with van der Waals surface area (Å²) < 4.78 is 50.0. The monoisotopic (exact) mass is 433 g/mol. The third kappa shape index (κ3) is 4.81. The van der Waals surface area contributed by atoms with E-state index in [-0.39, 0.29) is 36.7 Å². The highest BCUT2D eigenvalue weighted by molar-refractivity contribution is 7.91. The summed E-state index contributed by atoms with van der Waals surface area (Å²) >= 11 is 0. The molecule has 2 aromatic carbocycles. The SMILES string of the molecule is COc1ccc(/C=C/C(=O)N2CC[C@H](c3ccccc3F)S(=O)(=O)CC2)cc1OC. The van der Waals surface area contributed by atoms with Crippen LogP contribution >= 0.6 is 0 Å². The van der Waals surface area contributed by atoms with Crippen molar-refractivity contribution in [3.8, 4) is 11.5 Å². The molecular weight excluding hydrogens is 409 g/mol. The molecule has 6 nitrogen and oxygen atoms in total. The number of hydrogen-bond acceptors (Lipinski definition) is 5. The van der Waals surface area contributed by atoms with Crippen molar-refractivity contribution in [3.63, 3.8) is 0 Å². The first kappa shape index (κ1) is 21.8. The zero-order valence-electron chi connectivity index (χ0n) is 16.9. The summed E-state index contributed by atoms with van der Waals surface area (Å²) in [5, 5.41) is -0.952. The Morgan fingerprint density at radius 2 is 1.83 bits per heavy atom. The molecule has 1 atom stereocenters. The molecule has 1 aliphatic heterocycles. The Labute approximate surface area is 175 Å². The molecule has 0 bridgehead atoms. The van der Waals surface area contributed by atoms with Gasteiger partial charge in [0.15, 0.2) is 21.3 Å². The second-order valence-electron chi connectivity index (χ2n) is 6.94. The molecule has 0 radical (unpaired) electrons. The fraction of sp³-hybridized carbons (Fsp3) is 0.318. The number of carbonyl (C=O) groups excluding carboxylic acids is 1. The van der Waals surface area contributed by atoms with Crippen molar-refractivity contribution >= 4 is 21.8 Å². The molecule has 0 aliphatic carbocycles. The Balaban J connectivity index is 1.74. The molecule has 1 fully saturated rings. The molecule has 1 saturated heterocycles. The van der Waals surface area contributed by atoms with Gasteiger partial charge in [-0.2, -0.15) is 0 Å². The van der Waals surface area contributed by atoms with Crippen molar-refractivity contribution in [2.24, 2.45) is 0 Å². The van der Waals surface area contributed by atoms with Crippen LogP contribution in [-0.2, 0) is 14.6 Å². The maximum absolute atomic E-state index is 14.2. The van der Waals surface area contributed by atoms with Crippen LogP contribution in [0.5, 0.6) is 11.5 Å². The minimum absolute atomic E-state index is 0.0718. The normalized spacial score (nSPS) is 18.8. The number of carbonyl (C=O) groups is 1. The van der Waals surface area contributed by atoms with Crippen LogP contribution < -0.4 is 9.47 Å². The molecule has 0 spiro atoms. The molecule has 1 heterocycles. The van der Waals surface area contributed by atoms with Gasteiger partial charge in [-0.05, 0) is 36.3 Å². The second-order valence-corrected chi connectivity index (χ2v) is 9.24. The number of ether oxygens (including phenoxy) is 2. The molecule has 0 unspecified atom stereocenters. The summed E-state index contributed by atoms with van der Waals surface area (Å²) in [6.45, 7) is 0.301. The van der Waals surface area contributed by atoms with Crippen LogP contribution in [0.15, 0.2) is 48.5 Å². The van der Waals surface area contributed by atoms with Gasteiger partial charge in [0.05, 0.1) is 25.2 Å². The first-order valence-electron chi connectivity index (χ1n) is 9.50. The fourth-order valence-electron chi connectivity index (χ4n) is 3.48. The Bertz CT molecular complexity index is 1050. The number of amides is 1. The van der Waals surface area contributed by atoms with E-state index in [0.717, 1.165) is 5.56 Å². The Morgan fingerprint density at radius 1 is 1.10 bits per heavy atom. The summed E-state index contributed by atoms with van der Waals surface area (Å²) in [7, 11) is -0.506. The van der Waals surface area contributed by atoms with E-state index in [1.807, 2.05) is 0 Å². The molecule has 3 rings (SSSR count). The Morgan fingerprint density at radius 3 is 2.53 bits per heavy atom. The van der Waals surface area contributed by atoms with Gasteiger partial charge in [0.1, 0.15) is 5.82 Å². The average molecular weight is 434 g/mol. The van der Waals surface area contributed by atoms with E-state index in [9.17, 15) is 17.6 Å².